The highest BCUT2D eigenvalue weighted by Crippen LogP contribution is 2.24. The summed E-state index contributed by atoms with van der Waals surface area (Å²) in [6, 6.07) is 10.4. The third kappa shape index (κ3) is 3.92. The van der Waals surface area contributed by atoms with Gasteiger partial charge in [0.05, 0.1) is 11.4 Å². The molecule has 3 aromatic rings. The Balaban J connectivity index is 1.46. The Morgan fingerprint density at radius 2 is 1.96 bits per heavy atom. The molecular formula is C18H19FN6O2S. The van der Waals surface area contributed by atoms with Gasteiger partial charge in [-0.2, -0.15) is 9.10 Å². The molecule has 3 heterocycles. The Kier molecular flexibility index (Phi) is 5.14. The van der Waals surface area contributed by atoms with E-state index < -0.39 is 15.8 Å². The summed E-state index contributed by atoms with van der Waals surface area (Å²) in [7, 11) is -3.65. The smallest absolute Gasteiger partial charge is 0.243 e. The van der Waals surface area contributed by atoms with Crippen LogP contribution in [0.2, 0.25) is 0 Å². The van der Waals surface area contributed by atoms with E-state index in [1.165, 1.54) is 21.2 Å². The maximum absolute atomic E-state index is 13.1. The van der Waals surface area contributed by atoms with Gasteiger partial charge in [-0.15, -0.1) is 10.2 Å². The number of rotatable bonds is 5. The summed E-state index contributed by atoms with van der Waals surface area (Å²) in [5.41, 5.74) is 0.637. The average Bonchev–Trinajstić information content (AvgIpc) is 3.18. The normalized spacial score (nSPS) is 18.2. The number of pyridine rings is 1. The molecule has 0 bridgehead atoms. The Bertz CT molecular complexity index is 1040. The number of halogens is 1. The highest BCUT2D eigenvalue weighted by atomic mass is 32.2. The van der Waals surface area contributed by atoms with Gasteiger partial charge in [-0.3, -0.25) is 4.98 Å². The number of aromatic nitrogens is 5. The van der Waals surface area contributed by atoms with Crippen molar-refractivity contribution in [3.63, 3.8) is 0 Å². The molecule has 1 aliphatic heterocycles. The number of nitrogens with zero attached hydrogens (tertiary/aromatic N) is 6. The topological polar surface area (TPSA) is 93.9 Å². The van der Waals surface area contributed by atoms with Crippen molar-refractivity contribution in [2.45, 2.75) is 24.3 Å². The molecule has 1 aliphatic rings. The van der Waals surface area contributed by atoms with Crippen LogP contribution in [0.3, 0.4) is 0 Å². The van der Waals surface area contributed by atoms with Crippen LogP contribution in [0, 0.1) is 11.7 Å². The first-order valence-corrected chi connectivity index (χ1v) is 10.4. The third-order valence-corrected chi connectivity index (χ3v) is 6.58. The number of piperidine rings is 1. The highest BCUT2D eigenvalue weighted by molar-refractivity contribution is 7.89. The first-order chi connectivity index (χ1) is 13.5. The predicted molar refractivity (Wildman–Crippen MR) is 98.9 cm³/mol. The maximum atomic E-state index is 13.1. The molecular weight excluding hydrogens is 383 g/mol. The Morgan fingerprint density at radius 1 is 1.14 bits per heavy atom. The summed E-state index contributed by atoms with van der Waals surface area (Å²) in [6.07, 6.45) is 3.28. The lowest BCUT2D eigenvalue weighted by Gasteiger charge is -2.31. The second kappa shape index (κ2) is 7.72. The number of hydrogen-bond donors (Lipinski definition) is 0. The zero-order valence-electron chi connectivity index (χ0n) is 15.0. The van der Waals surface area contributed by atoms with Gasteiger partial charge in [-0.05, 0) is 60.4 Å². The fourth-order valence-corrected chi connectivity index (χ4v) is 4.85. The van der Waals surface area contributed by atoms with Crippen LogP contribution < -0.4 is 0 Å². The molecule has 0 amide bonds. The zero-order valence-corrected chi connectivity index (χ0v) is 15.8. The van der Waals surface area contributed by atoms with E-state index in [1.807, 2.05) is 12.1 Å². The van der Waals surface area contributed by atoms with Crippen LogP contribution in [0.25, 0.3) is 11.5 Å². The van der Waals surface area contributed by atoms with E-state index >= 15 is 0 Å². The minimum atomic E-state index is -3.65. The van der Waals surface area contributed by atoms with Crippen LogP contribution in [0.1, 0.15) is 12.8 Å². The summed E-state index contributed by atoms with van der Waals surface area (Å²) in [4.78, 5) is 5.79. The monoisotopic (exact) mass is 402 g/mol. The molecule has 146 valence electrons. The lowest BCUT2D eigenvalue weighted by Crippen LogP contribution is -2.41. The van der Waals surface area contributed by atoms with Crippen LogP contribution in [0.5, 0.6) is 0 Å². The Hall–Kier alpha value is -2.72. The second-order valence-electron chi connectivity index (χ2n) is 6.71. The minimum Gasteiger partial charge on any atom is -0.253 e. The van der Waals surface area contributed by atoms with Crippen molar-refractivity contribution < 1.29 is 12.8 Å². The number of sulfonamides is 1. The molecule has 0 spiro atoms. The van der Waals surface area contributed by atoms with Crippen LogP contribution in [-0.4, -0.2) is 51.0 Å². The van der Waals surface area contributed by atoms with Gasteiger partial charge in [0.25, 0.3) is 0 Å². The fraction of sp³-hybridized carbons (Fsp3) is 0.333. The van der Waals surface area contributed by atoms with Crippen molar-refractivity contribution in [1.29, 1.82) is 0 Å². The van der Waals surface area contributed by atoms with E-state index in [-0.39, 0.29) is 10.8 Å². The molecule has 1 aromatic carbocycles. The Labute approximate surface area is 162 Å². The van der Waals surface area contributed by atoms with E-state index in [4.69, 9.17) is 0 Å². The van der Waals surface area contributed by atoms with Gasteiger partial charge in [0, 0.05) is 19.3 Å². The van der Waals surface area contributed by atoms with Crippen molar-refractivity contribution in [1.82, 2.24) is 29.5 Å². The summed E-state index contributed by atoms with van der Waals surface area (Å²) < 4.78 is 40.2. The summed E-state index contributed by atoms with van der Waals surface area (Å²) in [6.45, 7) is 1.27. The molecule has 0 saturated carbocycles. The Morgan fingerprint density at radius 3 is 2.71 bits per heavy atom. The van der Waals surface area contributed by atoms with E-state index in [0.29, 0.717) is 31.2 Å². The first-order valence-electron chi connectivity index (χ1n) is 8.97. The molecule has 8 nitrogen and oxygen atoms in total. The van der Waals surface area contributed by atoms with Crippen molar-refractivity contribution in [2.75, 3.05) is 13.1 Å². The molecule has 0 aliphatic carbocycles. The number of benzene rings is 1. The van der Waals surface area contributed by atoms with Crippen molar-refractivity contribution >= 4 is 10.0 Å². The van der Waals surface area contributed by atoms with Gasteiger partial charge in [0.1, 0.15) is 11.5 Å². The third-order valence-electron chi connectivity index (χ3n) is 4.70. The lowest BCUT2D eigenvalue weighted by atomic mass is 10.00. The van der Waals surface area contributed by atoms with Crippen molar-refractivity contribution in [3.8, 4) is 11.5 Å². The molecule has 1 fully saturated rings. The van der Waals surface area contributed by atoms with Crippen LogP contribution in [0.4, 0.5) is 4.39 Å². The predicted octanol–water partition coefficient (Wildman–Crippen LogP) is 1.98. The van der Waals surface area contributed by atoms with Gasteiger partial charge in [0.2, 0.25) is 15.8 Å². The first kappa shape index (κ1) is 18.6. The van der Waals surface area contributed by atoms with Gasteiger partial charge in [-0.1, -0.05) is 6.07 Å². The minimum absolute atomic E-state index is 0.0646. The molecule has 1 atom stereocenters. The molecule has 10 heteroatoms. The van der Waals surface area contributed by atoms with E-state index in [1.54, 1.807) is 12.3 Å². The van der Waals surface area contributed by atoms with Crippen LogP contribution in [-0.2, 0) is 16.6 Å². The van der Waals surface area contributed by atoms with Crippen molar-refractivity contribution in [2.24, 2.45) is 5.92 Å². The summed E-state index contributed by atoms with van der Waals surface area (Å²) >= 11 is 0. The van der Waals surface area contributed by atoms with Gasteiger partial charge in [0.15, 0.2) is 0 Å². The molecule has 2 aromatic heterocycles. The van der Waals surface area contributed by atoms with Gasteiger partial charge < -0.3 is 0 Å². The molecule has 4 rings (SSSR count). The van der Waals surface area contributed by atoms with Gasteiger partial charge in [-0.25, -0.2) is 12.8 Å². The fourth-order valence-electron chi connectivity index (χ4n) is 3.30. The largest absolute Gasteiger partial charge is 0.253 e. The molecule has 1 saturated heterocycles. The molecule has 0 radical (unpaired) electrons. The summed E-state index contributed by atoms with van der Waals surface area (Å²) in [5, 5.41) is 12.4. The van der Waals surface area contributed by atoms with Crippen LogP contribution >= 0.6 is 0 Å². The molecule has 0 unspecified atom stereocenters. The maximum Gasteiger partial charge on any atom is 0.243 e. The average molecular weight is 402 g/mol. The van der Waals surface area contributed by atoms with Crippen molar-refractivity contribution in [3.05, 3.63) is 54.5 Å². The summed E-state index contributed by atoms with van der Waals surface area (Å²) in [5.74, 6) is 0.0402. The van der Waals surface area contributed by atoms with E-state index in [0.717, 1.165) is 25.0 Å². The second-order valence-corrected chi connectivity index (χ2v) is 8.65. The van der Waals surface area contributed by atoms with E-state index in [2.05, 4.69) is 20.4 Å². The zero-order chi connectivity index (χ0) is 19.6. The SMILES string of the molecule is O=S(=O)(c1ccc(F)cc1)N1CCC[C@@H](Cn2nnc(-c3ccccn3)n2)C1. The molecule has 28 heavy (non-hydrogen) atoms. The van der Waals surface area contributed by atoms with Crippen LogP contribution in [0.15, 0.2) is 53.6 Å². The van der Waals surface area contributed by atoms with E-state index in [9.17, 15) is 12.8 Å². The number of hydrogen-bond acceptors (Lipinski definition) is 6. The number of tetrazole rings is 1. The standard InChI is InChI=1S/C18H19FN6O2S/c19-15-6-8-16(9-7-15)28(26,27)24-11-3-4-14(12-24)13-25-22-18(21-23-25)17-5-1-2-10-20-17/h1-2,5-10,14H,3-4,11-13H2/t14-/m1/s1. The lowest BCUT2D eigenvalue weighted by molar-refractivity contribution is 0.231. The van der Waals surface area contributed by atoms with Gasteiger partial charge >= 0.3 is 0 Å². The molecule has 0 N–H and O–H groups in total. The highest BCUT2D eigenvalue weighted by Gasteiger charge is 2.30. The quantitative estimate of drug-likeness (QED) is 0.648.